The van der Waals surface area contributed by atoms with Gasteiger partial charge >= 0.3 is 6.09 Å². The van der Waals surface area contributed by atoms with E-state index in [1.165, 1.54) is 0 Å². The summed E-state index contributed by atoms with van der Waals surface area (Å²) in [5, 5.41) is 10.7. The molecule has 1 amide bonds. The number of fused-ring (bicyclic) bond motifs is 1. The summed E-state index contributed by atoms with van der Waals surface area (Å²) in [5.74, 6) is 0.614. The molecule has 118 valence electrons. The van der Waals surface area contributed by atoms with Gasteiger partial charge in [0.15, 0.2) is 6.10 Å². The second kappa shape index (κ2) is 5.02. The number of aliphatic hydroxyl groups excluding tert-OH is 1. The number of aliphatic hydroxyl groups is 1. The minimum atomic E-state index is -0.611. The third kappa shape index (κ3) is 2.46. The Morgan fingerprint density at radius 2 is 2.09 bits per heavy atom. The van der Waals surface area contributed by atoms with E-state index in [2.05, 4.69) is 0 Å². The van der Waals surface area contributed by atoms with E-state index >= 15 is 0 Å². The Morgan fingerprint density at radius 1 is 1.36 bits per heavy atom. The lowest BCUT2D eigenvalue weighted by molar-refractivity contribution is 0.114. The maximum atomic E-state index is 12.0. The van der Waals surface area contributed by atoms with E-state index in [0.717, 1.165) is 10.9 Å². The molecule has 1 aliphatic rings. The number of hydrogen-bond acceptors (Lipinski definition) is 4. The van der Waals surface area contributed by atoms with Crippen LogP contribution in [-0.4, -0.2) is 28.2 Å². The molecular weight excluding hydrogens is 282 g/mol. The van der Waals surface area contributed by atoms with Crippen LogP contribution in [0.1, 0.15) is 51.2 Å². The first-order valence-corrected chi connectivity index (χ1v) is 7.46. The van der Waals surface area contributed by atoms with Gasteiger partial charge in [-0.1, -0.05) is 18.2 Å². The van der Waals surface area contributed by atoms with Crippen LogP contribution >= 0.6 is 0 Å². The van der Waals surface area contributed by atoms with Crippen LogP contribution in [0.15, 0.2) is 28.7 Å². The molecule has 5 nitrogen and oxygen atoms in total. The van der Waals surface area contributed by atoms with Crippen molar-refractivity contribution in [3.63, 3.8) is 0 Å². The Hall–Kier alpha value is -2.01. The molecule has 1 aromatic carbocycles. The first-order chi connectivity index (χ1) is 10.3. The van der Waals surface area contributed by atoms with Gasteiger partial charge in [-0.25, -0.2) is 4.79 Å². The van der Waals surface area contributed by atoms with Gasteiger partial charge in [-0.2, -0.15) is 0 Å². The van der Waals surface area contributed by atoms with Gasteiger partial charge in [0.05, 0.1) is 12.6 Å². The number of carbonyl (C=O) groups excluding carboxylic acids is 1. The molecule has 1 N–H and O–H groups in total. The van der Waals surface area contributed by atoms with Gasteiger partial charge < -0.3 is 14.3 Å². The minimum Gasteiger partial charge on any atom is -0.457 e. The Labute approximate surface area is 129 Å². The lowest BCUT2D eigenvalue weighted by Gasteiger charge is -2.28. The van der Waals surface area contributed by atoms with Crippen molar-refractivity contribution in [1.82, 2.24) is 4.90 Å². The number of rotatable bonds is 2. The van der Waals surface area contributed by atoms with Crippen molar-refractivity contribution in [2.45, 2.75) is 45.4 Å². The predicted molar refractivity (Wildman–Crippen MR) is 82.5 cm³/mol. The molecule has 2 unspecified atom stereocenters. The van der Waals surface area contributed by atoms with Crippen molar-refractivity contribution in [2.75, 3.05) is 6.54 Å². The fourth-order valence-electron chi connectivity index (χ4n) is 2.75. The lowest BCUT2D eigenvalue weighted by Crippen LogP contribution is -2.41. The number of amides is 1. The van der Waals surface area contributed by atoms with Crippen LogP contribution in [-0.2, 0) is 4.74 Å². The summed E-state index contributed by atoms with van der Waals surface area (Å²) < 4.78 is 11.3. The first-order valence-electron chi connectivity index (χ1n) is 7.46. The third-order valence-corrected chi connectivity index (χ3v) is 3.98. The Morgan fingerprint density at radius 3 is 2.68 bits per heavy atom. The number of furan rings is 1. The molecule has 1 aliphatic heterocycles. The van der Waals surface area contributed by atoms with E-state index in [4.69, 9.17) is 9.15 Å². The van der Waals surface area contributed by atoms with E-state index in [9.17, 15) is 9.90 Å². The van der Waals surface area contributed by atoms with Crippen LogP contribution in [0.4, 0.5) is 4.79 Å². The number of hydrogen-bond donors (Lipinski definition) is 1. The monoisotopic (exact) mass is 303 g/mol. The van der Waals surface area contributed by atoms with Crippen molar-refractivity contribution < 1.29 is 19.1 Å². The quantitative estimate of drug-likeness (QED) is 0.917. The Balaban J connectivity index is 1.95. The highest BCUT2D eigenvalue weighted by Gasteiger charge is 2.40. The van der Waals surface area contributed by atoms with E-state index < -0.39 is 12.2 Å². The van der Waals surface area contributed by atoms with E-state index in [1.54, 1.807) is 11.8 Å². The number of para-hydroxylation sites is 1. The largest absolute Gasteiger partial charge is 0.457 e. The number of ether oxygens (including phenoxy) is 1. The molecule has 0 saturated carbocycles. The molecule has 1 aromatic heterocycles. The molecule has 0 bridgehead atoms. The third-order valence-electron chi connectivity index (χ3n) is 3.98. The Bertz CT molecular complexity index is 711. The van der Waals surface area contributed by atoms with Crippen molar-refractivity contribution >= 4 is 17.1 Å². The van der Waals surface area contributed by atoms with E-state index in [-0.39, 0.29) is 11.6 Å². The standard InChI is InChI=1S/C17H21NO4/c1-10(19)12-7-5-6-11-8-13(21-15(11)12)14-9-18(16(20)22-14)17(2,3)4/h5-8,10,14,19H,9H2,1-4H3. The first kappa shape index (κ1) is 14.9. The molecule has 1 saturated heterocycles. The molecular formula is C17H21NO4. The van der Waals surface area contributed by atoms with Crippen molar-refractivity contribution in [3.8, 4) is 0 Å². The molecule has 0 aliphatic carbocycles. The normalized spacial score (nSPS) is 20.5. The fourth-order valence-corrected chi connectivity index (χ4v) is 2.75. The SMILES string of the molecule is CC(O)c1cccc2cc(C3CN(C(C)(C)C)C(=O)O3)oc12. The highest BCUT2D eigenvalue weighted by molar-refractivity contribution is 5.82. The fraction of sp³-hybridized carbons (Fsp3) is 0.471. The van der Waals surface area contributed by atoms with Gasteiger partial charge in [0, 0.05) is 16.5 Å². The number of carbonyl (C=O) groups is 1. The molecule has 3 rings (SSSR count). The van der Waals surface area contributed by atoms with Crippen LogP contribution in [0.3, 0.4) is 0 Å². The zero-order chi connectivity index (χ0) is 16.1. The highest BCUT2D eigenvalue weighted by Crippen LogP contribution is 2.35. The molecule has 22 heavy (non-hydrogen) atoms. The van der Waals surface area contributed by atoms with Gasteiger partial charge in [-0.05, 0) is 33.8 Å². The van der Waals surface area contributed by atoms with E-state index in [1.807, 2.05) is 45.0 Å². The minimum absolute atomic E-state index is 0.289. The molecule has 1 fully saturated rings. The van der Waals surface area contributed by atoms with E-state index in [0.29, 0.717) is 17.9 Å². The summed E-state index contributed by atoms with van der Waals surface area (Å²) in [7, 11) is 0. The average Bonchev–Trinajstić information content (AvgIpc) is 3.00. The molecule has 2 aromatic rings. The maximum Gasteiger partial charge on any atom is 0.411 e. The highest BCUT2D eigenvalue weighted by atomic mass is 16.6. The van der Waals surface area contributed by atoms with Gasteiger partial charge in [0.25, 0.3) is 0 Å². The van der Waals surface area contributed by atoms with Gasteiger partial charge in [-0.3, -0.25) is 4.90 Å². The zero-order valence-corrected chi connectivity index (χ0v) is 13.3. The summed E-state index contributed by atoms with van der Waals surface area (Å²) in [4.78, 5) is 13.7. The zero-order valence-electron chi connectivity index (χ0n) is 13.3. The predicted octanol–water partition coefficient (Wildman–Crippen LogP) is 3.78. The molecule has 2 atom stereocenters. The van der Waals surface area contributed by atoms with Crippen molar-refractivity contribution in [2.24, 2.45) is 0 Å². The van der Waals surface area contributed by atoms with Crippen LogP contribution in [0, 0.1) is 0 Å². The number of cyclic esters (lactones) is 1. The topological polar surface area (TPSA) is 62.9 Å². The second-order valence-corrected chi connectivity index (χ2v) is 6.74. The van der Waals surface area contributed by atoms with Crippen LogP contribution in [0.2, 0.25) is 0 Å². The summed E-state index contributed by atoms with van der Waals surface area (Å²) in [5.41, 5.74) is 1.10. The van der Waals surface area contributed by atoms with Crippen molar-refractivity contribution in [3.05, 3.63) is 35.6 Å². The summed E-state index contributed by atoms with van der Waals surface area (Å²) >= 11 is 0. The second-order valence-electron chi connectivity index (χ2n) is 6.74. The molecule has 0 spiro atoms. The maximum absolute atomic E-state index is 12.0. The smallest absolute Gasteiger partial charge is 0.411 e. The lowest BCUT2D eigenvalue weighted by atomic mass is 10.1. The average molecular weight is 303 g/mol. The van der Waals surface area contributed by atoms with Crippen LogP contribution < -0.4 is 0 Å². The van der Waals surface area contributed by atoms with Crippen LogP contribution in [0.25, 0.3) is 11.0 Å². The molecule has 2 heterocycles. The van der Waals surface area contributed by atoms with Gasteiger partial charge in [-0.15, -0.1) is 0 Å². The van der Waals surface area contributed by atoms with Crippen molar-refractivity contribution in [1.29, 1.82) is 0 Å². The summed E-state index contributed by atoms with van der Waals surface area (Å²) in [6, 6.07) is 7.52. The summed E-state index contributed by atoms with van der Waals surface area (Å²) in [6.07, 6.45) is -1.35. The molecule has 0 radical (unpaired) electrons. The number of benzene rings is 1. The number of nitrogens with zero attached hydrogens (tertiary/aromatic N) is 1. The molecule has 5 heteroatoms. The Kier molecular flexibility index (Phi) is 3.40. The summed E-state index contributed by atoms with van der Waals surface area (Å²) in [6.45, 7) is 8.09. The van der Waals surface area contributed by atoms with Gasteiger partial charge in [0.1, 0.15) is 11.3 Å². The van der Waals surface area contributed by atoms with Crippen LogP contribution in [0.5, 0.6) is 0 Å². The van der Waals surface area contributed by atoms with Gasteiger partial charge in [0.2, 0.25) is 0 Å².